The quantitative estimate of drug-likeness (QED) is 0.628. The van der Waals surface area contributed by atoms with Crippen LogP contribution in [0, 0.1) is 18.6 Å². The number of halogens is 2. The number of anilines is 1. The molecule has 3 aromatic rings. The van der Waals surface area contributed by atoms with Gasteiger partial charge in [-0.3, -0.25) is 0 Å². The zero-order valence-electron chi connectivity index (χ0n) is 14.5. The molecule has 0 amide bonds. The average Bonchev–Trinajstić information content (AvgIpc) is 2.62. The van der Waals surface area contributed by atoms with Crippen LogP contribution in [0.25, 0.3) is 0 Å². The van der Waals surface area contributed by atoms with Gasteiger partial charge in [-0.05, 0) is 67.6 Å². The second-order valence-electron chi connectivity index (χ2n) is 5.75. The van der Waals surface area contributed by atoms with Crippen molar-refractivity contribution < 1.29 is 25.6 Å². The summed E-state index contributed by atoms with van der Waals surface area (Å²) in [6, 6.07) is 11.6. The van der Waals surface area contributed by atoms with Crippen LogP contribution in [0.15, 0.2) is 76.5 Å². The highest BCUT2D eigenvalue weighted by Crippen LogP contribution is 2.29. The second kappa shape index (κ2) is 7.28. The van der Waals surface area contributed by atoms with Gasteiger partial charge in [0.15, 0.2) is 5.82 Å². The Morgan fingerprint density at radius 1 is 0.714 bits per heavy atom. The summed E-state index contributed by atoms with van der Waals surface area (Å²) in [4.78, 5) is 3.13. The molecule has 1 heterocycles. The second-order valence-corrected chi connectivity index (χ2v) is 9.56. The van der Waals surface area contributed by atoms with E-state index in [-0.39, 0.29) is 9.53 Å². The number of rotatable bonds is 5. The molecule has 0 radical (unpaired) electrons. The molecule has 0 unspecified atom stereocenters. The molecule has 10 heteroatoms. The van der Waals surface area contributed by atoms with E-state index in [0.717, 1.165) is 48.5 Å². The van der Waals surface area contributed by atoms with E-state index < -0.39 is 41.5 Å². The van der Waals surface area contributed by atoms with Crippen LogP contribution in [0.1, 0.15) is 5.69 Å². The SMILES string of the molecule is Cc1cccc(N(S(=O)(=O)c2ccc(F)cc2)S(=O)(=O)c2ccc(F)cc2)n1. The fraction of sp³-hybridized carbons (Fsp3) is 0.0556. The Bertz CT molecular complexity index is 1140. The van der Waals surface area contributed by atoms with Gasteiger partial charge in [0.25, 0.3) is 20.0 Å². The van der Waals surface area contributed by atoms with Crippen molar-refractivity contribution in [2.24, 2.45) is 0 Å². The van der Waals surface area contributed by atoms with Crippen molar-refractivity contribution in [1.29, 1.82) is 0 Å². The molecule has 2 aromatic carbocycles. The van der Waals surface area contributed by atoms with Gasteiger partial charge in [0.1, 0.15) is 11.6 Å². The van der Waals surface area contributed by atoms with E-state index in [0.29, 0.717) is 5.69 Å². The first-order valence-electron chi connectivity index (χ1n) is 7.88. The first kappa shape index (κ1) is 19.9. The zero-order chi connectivity index (χ0) is 20.5. The minimum Gasteiger partial charge on any atom is -0.234 e. The van der Waals surface area contributed by atoms with Crippen molar-refractivity contribution in [2.45, 2.75) is 16.7 Å². The number of benzene rings is 2. The molecule has 3 rings (SSSR count). The van der Waals surface area contributed by atoms with E-state index in [9.17, 15) is 25.6 Å². The molecule has 0 aliphatic rings. The number of aryl methyl sites for hydroxylation is 1. The van der Waals surface area contributed by atoms with E-state index in [2.05, 4.69) is 4.98 Å². The third kappa shape index (κ3) is 3.73. The average molecular weight is 424 g/mol. The van der Waals surface area contributed by atoms with E-state index in [4.69, 9.17) is 0 Å². The van der Waals surface area contributed by atoms with Crippen LogP contribution in [0.3, 0.4) is 0 Å². The summed E-state index contributed by atoms with van der Waals surface area (Å²) in [5.41, 5.74) is 0.381. The van der Waals surface area contributed by atoms with Crippen LogP contribution in [-0.4, -0.2) is 21.8 Å². The van der Waals surface area contributed by atoms with Crippen LogP contribution < -0.4 is 3.71 Å². The lowest BCUT2D eigenvalue weighted by molar-refractivity contribution is 0.583. The molecule has 0 saturated heterocycles. The predicted octanol–water partition coefficient (Wildman–Crippen LogP) is 3.25. The Hall–Kier alpha value is -2.85. The van der Waals surface area contributed by atoms with Crippen LogP contribution in [0.5, 0.6) is 0 Å². The minimum absolute atomic E-state index is 0.160. The molecule has 0 aliphatic carbocycles. The lowest BCUT2D eigenvalue weighted by atomic mass is 10.4. The van der Waals surface area contributed by atoms with E-state index >= 15 is 0 Å². The Morgan fingerprint density at radius 2 is 1.14 bits per heavy atom. The molecule has 0 spiro atoms. The summed E-state index contributed by atoms with van der Waals surface area (Å²) < 4.78 is 79.2. The van der Waals surface area contributed by atoms with Crippen LogP contribution in [0.4, 0.5) is 14.6 Å². The van der Waals surface area contributed by atoms with Crippen molar-refractivity contribution in [3.63, 3.8) is 0 Å². The fourth-order valence-electron chi connectivity index (χ4n) is 2.41. The zero-order valence-corrected chi connectivity index (χ0v) is 16.1. The van der Waals surface area contributed by atoms with Gasteiger partial charge in [0.2, 0.25) is 0 Å². The summed E-state index contributed by atoms with van der Waals surface area (Å²) in [6.07, 6.45) is 0. The number of hydrogen-bond donors (Lipinski definition) is 0. The summed E-state index contributed by atoms with van der Waals surface area (Å²) in [7, 11) is -9.36. The summed E-state index contributed by atoms with van der Waals surface area (Å²) in [5, 5.41) is 0. The van der Waals surface area contributed by atoms with Crippen molar-refractivity contribution in [1.82, 2.24) is 4.98 Å². The van der Waals surface area contributed by atoms with Crippen molar-refractivity contribution in [2.75, 3.05) is 3.71 Å². The van der Waals surface area contributed by atoms with Gasteiger partial charge in [-0.2, -0.15) is 16.8 Å². The summed E-state index contributed by atoms with van der Waals surface area (Å²) >= 11 is 0. The smallest absolute Gasteiger partial charge is 0.234 e. The molecule has 0 fully saturated rings. The third-order valence-electron chi connectivity index (χ3n) is 3.72. The highest BCUT2D eigenvalue weighted by Gasteiger charge is 2.38. The van der Waals surface area contributed by atoms with Gasteiger partial charge in [-0.1, -0.05) is 6.07 Å². The molecule has 0 bridgehead atoms. The van der Waals surface area contributed by atoms with Crippen LogP contribution >= 0.6 is 0 Å². The standard InChI is InChI=1S/C18H14F2N2O4S2/c1-13-3-2-4-18(21-13)22(27(23,24)16-9-5-14(19)6-10-16)28(25,26)17-11-7-15(20)8-12-17/h2-12H,1H3. The number of hydrogen-bond acceptors (Lipinski definition) is 5. The first-order chi connectivity index (χ1) is 13.1. The molecular formula is C18H14F2N2O4S2. The van der Waals surface area contributed by atoms with Crippen LogP contribution in [-0.2, 0) is 20.0 Å². The monoisotopic (exact) mass is 424 g/mol. The van der Waals surface area contributed by atoms with E-state index in [1.54, 1.807) is 13.0 Å². The molecule has 146 valence electrons. The Balaban J connectivity index is 2.26. The van der Waals surface area contributed by atoms with Crippen molar-refractivity contribution in [3.8, 4) is 0 Å². The minimum atomic E-state index is -4.68. The topological polar surface area (TPSA) is 84.4 Å². The predicted molar refractivity (Wildman–Crippen MR) is 98.6 cm³/mol. The summed E-state index contributed by atoms with van der Waals surface area (Å²) in [5.74, 6) is -1.73. The number of nitrogens with zero attached hydrogens (tertiary/aromatic N) is 2. The molecule has 6 nitrogen and oxygen atoms in total. The van der Waals surface area contributed by atoms with Gasteiger partial charge in [-0.25, -0.2) is 13.8 Å². The third-order valence-corrected chi connectivity index (χ3v) is 7.88. The number of pyridine rings is 1. The highest BCUT2D eigenvalue weighted by atomic mass is 32.3. The maximum Gasteiger partial charge on any atom is 0.279 e. The highest BCUT2D eigenvalue weighted by molar-refractivity contribution is 8.10. The largest absolute Gasteiger partial charge is 0.279 e. The fourth-order valence-corrected chi connectivity index (χ4v) is 6.00. The molecule has 0 atom stereocenters. The molecule has 28 heavy (non-hydrogen) atoms. The molecule has 0 aliphatic heterocycles. The number of aromatic nitrogens is 1. The molecule has 1 aromatic heterocycles. The van der Waals surface area contributed by atoms with E-state index in [1.165, 1.54) is 12.1 Å². The lowest BCUT2D eigenvalue weighted by Gasteiger charge is -2.23. The molecular weight excluding hydrogens is 410 g/mol. The normalized spacial score (nSPS) is 12.0. The molecule has 0 saturated carbocycles. The maximum absolute atomic E-state index is 13.2. The van der Waals surface area contributed by atoms with Gasteiger partial charge < -0.3 is 0 Å². The van der Waals surface area contributed by atoms with Gasteiger partial charge in [0, 0.05) is 5.69 Å². The summed E-state index contributed by atoms with van der Waals surface area (Å²) in [6.45, 7) is 1.57. The lowest BCUT2D eigenvalue weighted by Crippen LogP contribution is -2.37. The van der Waals surface area contributed by atoms with Gasteiger partial charge >= 0.3 is 0 Å². The Labute approximate surface area is 161 Å². The number of sulfonamides is 2. The van der Waals surface area contributed by atoms with Crippen molar-refractivity contribution >= 4 is 25.9 Å². The van der Waals surface area contributed by atoms with Crippen molar-refractivity contribution in [3.05, 3.63) is 84.1 Å². The Morgan fingerprint density at radius 3 is 1.54 bits per heavy atom. The van der Waals surface area contributed by atoms with Gasteiger partial charge in [0.05, 0.1) is 9.79 Å². The maximum atomic E-state index is 13.2. The van der Waals surface area contributed by atoms with Gasteiger partial charge in [-0.15, -0.1) is 3.71 Å². The van der Waals surface area contributed by atoms with E-state index in [1.807, 2.05) is 0 Å². The Kier molecular flexibility index (Phi) is 5.18. The van der Waals surface area contributed by atoms with Crippen LogP contribution in [0.2, 0.25) is 0 Å². The first-order valence-corrected chi connectivity index (χ1v) is 10.8. The molecule has 0 N–H and O–H groups in total.